The Balaban J connectivity index is 2.43. The summed E-state index contributed by atoms with van der Waals surface area (Å²) >= 11 is 0. The minimum Gasteiger partial charge on any atom is -0.508 e. The first kappa shape index (κ1) is 12.4. The van der Waals surface area contributed by atoms with Crippen molar-refractivity contribution in [2.45, 2.75) is 6.18 Å². The van der Waals surface area contributed by atoms with Crippen molar-refractivity contribution in [2.24, 2.45) is 0 Å². The van der Waals surface area contributed by atoms with Crippen molar-refractivity contribution in [3.63, 3.8) is 0 Å². The number of phenolic OH excluding ortho intramolecular Hbond substituents is 1. The van der Waals surface area contributed by atoms with Gasteiger partial charge in [0.1, 0.15) is 11.6 Å². The van der Waals surface area contributed by atoms with Crippen molar-refractivity contribution in [3.05, 3.63) is 53.8 Å². The molecule has 2 aromatic carbocycles. The molecule has 0 saturated heterocycles. The predicted octanol–water partition coefficient (Wildman–Crippen LogP) is 4.22. The average Bonchev–Trinajstić information content (AvgIpc) is 2.31. The van der Waals surface area contributed by atoms with Crippen LogP contribution in [0.25, 0.3) is 11.1 Å². The smallest absolute Gasteiger partial charge is 0.416 e. The number of alkyl halides is 3. The van der Waals surface area contributed by atoms with Gasteiger partial charge in [0.05, 0.1) is 5.56 Å². The molecule has 0 unspecified atom stereocenters. The van der Waals surface area contributed by atoms with Crippen LogP contribution in [0, 0.1) is 5.82 Å². The molecule has 0 fully saturated rings. The molecule has 1 N–H and O–H groups in total. The van der Waals surface area contributed by atoms with Gasteiger partial charge >= 0.3 is 6.18 Å². The number of hydrogen-bond donors (Lipinski definition) is 1. The third kappa shape index (κ3) is 2.45. The maximum atomic E-state index is 13.5. The summed E-state index contributed by atoms with van der Waals surface area (Å²) < 4.78 is 50.5. The Bertz CT molecular complexity index is 558. The molecule has 0 aliphatic heterocycles. The van der Waals surface area contributed by atoms with E-state index in [1.807, 2.05) is 0 Å². The average molecular weight is 256 g/mol. The molecule has 0 atom stereocenters. The lowest BCUT2D eigenvalue weighted by Crippen LogP contribution is -2.04. The van der Waals surface area contributed by atoms with E-state index in [-0.39, 0.29) is 16.9 Å². The Labute approximate surface area is 100 Å². The normalized spacial score (nSPS) is 11.6. The molecule has 0 bridgehead atoms. The van der Waals surface area contributed by atoms with Crippen molar-refractivity contribution < 1.29 is 22.7 Å². The Morgan fingerprint density at radius 3 is 2.06 bits per heavy atom. The van der Waals surface area contributed by atoms with Gasteiger partial charge in [0.15, 0.2) is 0 Å². The Kier molecular flexibility index (Phi) is 2.98. The van der Waals surface area contributed by atoms with Gasteiger partial charge in [-0.05, 0) is 35.9 Å². The SMILES string of the molecule is Oc1ccc(F)c(-c2ccc(C(F)(F)F)cc2)c1. The molecule has 2 rings (SSSR count). The maximum absolute atomic E-state index is 13.5. The first-order chi connectivity index (χ1) is 8.38. The van der Waals surface area contributed by atoms with Crippen molar-refractivity contribution >= 4 is 0 Å². The van der Waals surface area contributed by atoms with Gasteiger partial charge < -0.3 is 5.11 Å². The molecule has 18 heavy (non-hydrogen) atoms. The summed E-state index contributed by atoms with van der Waals surface area (Å²) in [6, 6.07) is 7.47. The van der Waals surface area contributed by atoms with Crippen LogP contribution < -0.4 is 0 Å². The number of phenols is 1. The van der Waals surface area contributed by atoms with Crippen LogP contribution in [0.4, 0.5) is 17.6 Å². The second-order valence-electron chi connectivity index (χ2n) is 3.74. The fraction of sp³-hybridized carbons (Fsp3) is 0.0769. The Morgan fingerprint density at radius 1 is 0.889 bits per heavy atom. The molecule has 94 valence electrons. The highest BCUT2D eigenvalue weighted by Gasteiger charge is 2.30. The van der Waals surface area contributed by atoms with Crippen LogP contribution in [0.3, 0.4) is 0 Å². The molecular formula is C13H8F4O. The minimum absolute atomic E-state index is 0.0590. The lowest BCUT2D eigenvalue weighted by atomic mass is 10.0. The highest BCUT2D eigenvalue weighted by molar-refractivity contribution is 5.66. The zero-order valence-electron chi connectivity index (χ0n) is 9.00. The summed E-state index contributed by atoms with van der Waals surface area (Å²) in [6.07, 6.45) is -4.42. The third-order valence-corrected chi connectivity index (χ3v) is 2.47. The molecule has 0 radical (unpaired) electrons. The third-order valence-electron chi connectivity index (χ3n) is 2.47. The van der Waals surface area contributed by atoms with E-state index in [2.05, 4.69) is 0 Å². The number of halogens is 4. The fourth-order valence-corrected chi connectivity index (χ4v) is 1.57. The van der Waals surface area contributed by atoms with Crippen molar-refractivity contribution in [3.8, 4) is 16.9 Å². The van der Waals surface area contributed by atoms with E-state index >= 15 is 0 Å². The van der Waals surface area contributed by atoms with E-state index < -0.39 is 17.6 Å². The van der Waals surface area contributed by atoms with E-state index in [0.29, 0.717) is 0 Å². The van der Waals surface area contributed by atoms with Crippen LogP contribution >= 0.6 is 0 Å². The van der Waals surface area contributed by atoms with E-state index in [4.69, 9.17) is 0 Å². The number of benzene rings is 2. The topological polar surface area (TPSA) is 20.2 Å². The van der Waals surface area contributed by atoms with Gasteiger partial charge in [-0.1, -0.05) is 12.1 Å². The molecule has 2 aromatic rings. The molecule has 0 aromatic heterocycles. The molecule has 0 aliphatic rings. The molecular weight excluding hydrogens is 248 g/mol. The zero-order valence-corrected chi connectivity index (χ0v) is 9.00. The predicted molar refractivity (Wildman–Crippen MR) is 58.5 cm³/mol. The van der Waals surface area contributed by atoms with Gasteiger partial charge in [-0.2, -0.15) is 13.2 Å². The van der Waals surface area contributed by atoms with E-state index in [0.717, 1.165) is 24.3 Å². The largest absolute Gasteiger partial charge is 0.508 e. The van der Waals surface area contributed by atoms with Crippen LogP contribution in [0.1, 0.15) is 5.56 Å². The zero-order chi connectivity index (χ0) is 13.3. The summed E-state index contributed by atoms with van der Waals surface area (Å²) in [5, 5.41) is 9.24. The second-order valence-corrected chi connectivity index (χ2v) is 3.74. The Morgan fingerprint density at radius 2 is 1.50 bits per heavy atom. The van der Waals surface area contributed by atoms with Crippen LogP contribution in [0.15, 0.2) is 42.5 Å². The summed E-state index contributed by atoms with van der Waals surface area (Å²) in [5.41, 5.74) is -0.466. The quantitative estimate of drug-likeness (QED) is 0.757. The molecule has 5 heteroatoms. The van der Waals surface area contributed by atoms with Gasteiger partial charge in [0, 0.05) is 5.56 Å². The van der Waals surface area contributed by atoms with Gasteiger partial charge in [-0.3, -0.25) is 0 Å². The summed E-state index contributed by atoms with van der Waals surface area (Å²) in [6.45, 7) is 0. The van der Waals surface area contributed by atoms with Crippen molar-refractivity contribution in [1.29, 1.82) is 0 Å². The first-order valence-corrected chi connectivity index (χ1v) is 5.04. The number of hydrogen-bond acceptors (Lipinski definition) is 1. The maximum Gasteiger partial charge on any atom is 0.416 e. The summed E-state index contributed by atoms with van der Waals surface area (Å²) in [7, 11) is 0. The molecule has 0 spiro atoms. The van der Waals surface area contributed by atoms with Crippen LogP contribution in [-0.4, -0.2) is 5.11 Å². The lowest BCUT2D eigenvalue weighted by molar-refractivity contribution is -0.137. The number of rotatable bonds is 1. The lowest BCUT2D eigenvalue weighted by Gasteiger charge is -2.08. The van der Waals surface area contributed by atoms with Gasteiger partial charge in [-0.25, -0.2) is 4.39 Å². The monoisotopic (exact) mass is 256 g/mol. The molecule has 1 nitrogen and oxygen atoms in total. The van der Waals surface area contributed by atoms with Crippen LogP contribution in [0.5, 0.6) is 5.75 Å². The molecule has 0 amide bonds. The molecule has 0 saturated carbocycles. The summed E-state index contributed by atoms with van der Waals surface area (Å²) in [5.74, 6) is -0.751. The van der Waals surface area contributed by atoms with E-state index in [1.165, 1.54) is 18.2 Å². The van der Waals surface area contributed by atoms with Crippen molar-refractivity contribution in [2.75, 3.05) is 0 Å². The highest BCUT2D eigenvalue weighted by atomic mass is 19.4. The molecule has 0 heterocycles. The van der Waals surface area contributed by atoms with E-state index in [1.54, 1.807) is 0 Å². The highest BCUT2D eigenvalue weighted by Crippen LogP contribution is 2.32. The van der Waals surface area contributed by atoms with Crippen molar-refractivity contribution in [1.82, 2.24) is 0 Å². The standard InChI is InChI=1S/C13H8F4O/c14-12-6-5-10(18)7-11(12)8-1-3-9(4-2-8)13(15,16)17/h1-7,18H. The van der Waals surface area contributed by atoms with Gasteiger partial charge in [0.2, 0.25) is 0 Å². The molecule has 0 aliphatic carbocycles. The Hall–Kier alpha value is -2.04. The van der Waals surface area contributed by atoms with E-state index in [9.17, 15) is 22.7 Å². The van der Waals surface area contributed by atoms with Crippen LogP contribution in [-0.2, 0) is 6.18 Å². The minimum atomic E-state index is -4.42. The van der Waals surface area contributed by atoms with Gasteiger partial charge in [0.25, 0.3) is 0 Å². The second kappa shape index (κ2) is 4.33. The van der Waals surface area contributed by atoms with Crippen LogP contribution in [0.2, 0.25) is 0 Å². The fourth-order valence-electron chi connectivity index (χ4n) is 1.57. The number of aromatic hydroxyl groups is 1. The summed E-state index contributed by atoms with van der Waals surface area (Å²) in [4.78, 5) is 0. The van der Waals surface area contributed by atoms with Gasteiger partial charge in [-0.15, -0.1) is 0 Å². The first-order valence-electron chi connectivity index (χ1n) is 5.04.